The molecule has 0 aliphatic rings. The Hall–Kier alpha value is -0.0600. The third kappa shape index (κ3) is 3.47. The molecule has 1 atom stereocenters. The van der Waals surface area contributed by atoms with E-state index in [4.69, 9.17) is 11.6 Å². The molecule has 1 N–H and O–H groups in total. The molecule has 16 heavy (non-hydrogen) atoms. The maximum atomic E-state index is 12.0. The van der Waals surface area contributed by atoms with Gasteiger partial charge in [-0.15, -0.1) is 11.3 Å². The molecular formula is C11H15BrClNOS. The first-order valence-electron chi connectivity index (χ1n) is 5.14. The van der Waals surface area contributed by atoms with Crippen LogP contribution < -0.4 is 5.32 Å². The molecule has 2 nitrogen and oxygen atoms in total. The van der Waals surface area contributed by atoms with Crippen molar-refractivity contribution in [2.75, 3.05) is 5.33 Å². The van der Waals surface area contributed by atoms with E-state index < -0.39 is 0 Å². The summed E-state index contributed by atoms with van der Waals surface area (Å²) >= 11 is 10.7. The number of amides is 1. The molecule has 0 aliphatic carbocycles. The maximum absolute atomic E-state index is 12.0. The van der Waals surface area contributed by atoms with E-state index in [0.29, 0.717) is 9.90 Å². The zero-order valence-corrected chi connectivity index (χ0v) is 12.5. The lowest BCUT2D eigenvalue weighted by Crippen LogP contribution is -2.45. The van der Waals surface area contributed by atoms with Gasteiger partial charge in [-0.3, -0.25) is 4.79 Å². The van der Waals surface area contributed by atoms with Crippen molar-refractivity contribution < 1.29 is 4.79 Å². The molecule has 0 aromatic carbocycles. The Morgan fingerprint density at radius 1 is 1.69 bits per heavy atom. The molecule has 1 heterocycles. The van der Waals surface area contributed by atoms with E-state index in [9.17, 15) is 4.79 Å². The van der Waals surface area contributed by atoms with E-state index >= 15 is 0 Å². The molecule has 0 radical (unpaired) electrons. The molecule has 0 bridgehead atoms. The quantitative estimate of drug-likeness (QED) is 0.812. The van der Waals surface area contributed by atoms with Crippen molar-refractivity contribution in [1.29, 1.82) is 0 Å². The normalized spacial score (nSPS) is 14.5. The first-order chi connectivity index (χ1) is 7.52. The second-order valence-electron chi connectivity index (χ2n) is 3.90. The first kappa shape index (κ1) is 14.0. The minimum Gasteiger partial charge on any atom is -0.346 e. The summed E-state index contributed by atoms with van der Waals surface area (Å²) in [6, 6.07) is 1.74. The van der Waals surface area contributed by atoms with Crippen LogP contribution in [0, 0.1) is 0 Å². The molecule has 0 fully saturated rings. The smallest absolute Gasteiger partial charge is 0.263 e. The molecular weight excluding hydrogens is 310 g/mol. The Balaban J connectivity index is 2.73. The minimum atomic E-state index is -0.173. The molecule has 0 spiro atoms. The van der Waals surface area contributed by atoms with Gasteiger partial charge in [-0.25, -0.2) is 0 Å². The van der Waals surface area contributed by atoms with Crippen LogP contribution in [0.3, 0.4) is 0 Å². The molecule has 1 aromatic heterocycles. The Morgan fingerprint density at radius 2 is 2.38 bits per heavy atom. The second-order valence-corrected chi connectivity index (χ2v) is 6.02. The summed E-state index contributed by atoms with van der Waals surface area (Å²) in [5, 5.41) is 6.27. The van der Waals surface area contributed by atoms with Crippen molar-refractivity contribution in [3.63, 3.8) is 0 Å². The molecule has 1 amide bonds. The number of halogens is 2. The third-order valence-corrected chi connectivity index (χ3v) is 4.40. The van der Waals surface area contributed by atoms with E-state index in [2.05, 4.69) is 28.2 Å². The van der Waals surface area contributed by atoms with E-state index in [1.54, 1.807) is 6.07 Å². The lowest BCUT2D eigenvalue weighted by atomic mass is 9.95. The number of alkyl halides is 1. The third-order valence-electron chi connectivity index (χ3n) is 2.67. The summed E-state index contributed by atoms with van der Waals surface area (Å²) in [7, 11) is 0. The van der Waals surface area contributed by atoms with Gasteiger partial charge in [-0.05, 0) is 31.2 Å². The van der Waals surface area contributed by atoms with Crippen LogP contribution in [0.5, 0.6) is 0 Å². The number of hydrogen-bond acceptors (Lipinski definition) is 2. The number of carbonyl (C=O) groups is 1. The number of thiophene rings is 1. The average molecular weight is 325 g/mol. The fourth-order valence-electron chi connectivity index (χ4n) is 1.32. The SMILES string of the molecule is CCC(C)(CCBr)NC(=O)c1sccc1Cl. The van der Waals surface area contributed by atoms with Crippen LogP contribution in [0.15, 0.2) is 11.4 Å². The number of nitrogens with one attached hydrogen (secondary N) is 1. The molecule has 1 aromatic rings. The minimum absolute atomic E-state index is 0.0784. The van der Waals surface area contributed by atoms with Crippen molar-refractivity contribution >= 4 is 44.8 Å². The monoisotopic (exact) mass is 323 g/mol. The predicted molar refractivity (Wildman–Crippen MR) is 73.9 cm³/mol. The molecule has 1 rings (SSSR count). The number of carbonyl (C=O) groups excluding carboxylic acids is 1. The van der Waals surface area contributed by atoms with Gasteiger partial charge in [0.2, 0.25) is 0 Å². The lowest BCUT2D eigenvalue weighted by Gasteiger charge is -2.28. The highest BCUT2D eigenvalue weighted by atomic mass is 79.9. The molecule has 0 saturated carbocycles. The fraction of sp³-hybridized carbons (Fsp3) is 0.545. The fourth-order valence-corrected chi connectivity index (χ4v) is 3.23. The van der Waals surface area contributed by atoms with Crippen LogP contribution in [0.4, 0.5) is 0 Å². The van der Waals surface area contributed by atoms with Gasteiger partial charge in [0.1, 0.15) is 4.88 Å². The Morgan fingerprint density at radius 3 is 2.81 bits per heavy atom. The van der Waals surface area contributed by atoms with E-state index in [-0.39, 0.29) is 11.4 Å². The van der Waals surface area contributed by atoms with Gasteiger partial charge in [0.15, 0.2) is 0 Å². The van der Waals surface area contributed by atoms with Gasteiger partial charge in [-0.1, -0.05) is 34.5 Å². The highest BCUT2D eigenvalue weighted by molar-refractivity contribution is 9.09. The van der Waals surface area contributed by atoms with Gasteiger partial charge in [0, 0.05) is 10.9 Å². The molecule has 0 saturated heterocycles. The van der Waals surface area contributed by atoms with Gasteiger partial charge in [-0.2, -0.15) is 0 Å². The highest BCUT2D eigenvalue weighted by Crippen LogP contribution is 2.24. The van der Waals surface area contributed by atoms with Crippen molar-refractivity contribution in [2.24, 2.45) is 0 Å². The molecule has 0 aliphatic heterocycles. The van der Waals surface area contributed by atoms with Crippen LogP contribution in [-0.4, -0.2) is 16.8 Å². The predicted octanol–water partition coefficient (Wildman–Crippen LogP) is 4.09. The Bertz CT molecular complexity index is 369. The van der Waals surface area contributed by atoms with Crippen LogP contribution in [-0.2, 0) is 0 Å². The number of hydrogen-bond donors (Lipinski definition) is 1. The van der Waals surface area contributed by atoms with E-state index in [1.807, 2.05) is 12.3 Å². The summed E-state index contributed by atoms with van der Waals surface area (Å²) in [5.74, 6) is -0.0784. The van der Waals surface area contributed by atoms with Crippen LogP contribution in [0.25, 0.3) is 0 Å². The van der Waals surface area contributed by atoms with Gasteiger partial charge in [0.05, 0.1) is 5.02 Å². The molecule has 5 heteroatoms. The van der Waals surface area contributed by atoms with Gasteiger partial charge >= 0.3 is 0 Å². The van der Waals surface area contributed by atoms with Crippen LogP contribution in [0.2, 0.25) is 5.02 Å². The van der Waals surface area contributed by atoms with Crippen LogP contribution >= 0.6 is 38.9 Å². The topological polar surface area (TPSA) is 29.1 Å². The zero-order valence-electron chi connectivity index (χ0n) is 9.35. The highest BCUT2D eigenvalue weighted by Gasteiger charge is 2.25. The summed E-state index contributed by atoms with van der Waals surface area (Å²) in [6.45, 7) is 4.12. The van der Waals surface area contributed by atoms with Gasteiger partial charge in [0.25, 0.3) is 5.91 Å². The van der Waals surface area contributed by atoms with Crippen molar-refractivity contribution in [2.45, 2.75) is 32.2 Å². The zero-order chi connectivity index (χ0) is 12.2. The van der Waals surface area contributed by atoms with Crippen molar-refractivity contribution in [3.05, 3.63) is 21.3 Å². The van der Waals surface area contributed by atoms with Crippen molar-refractivity contribution in [3.8, 4) is 0 Å². The maximum Gasteiger partial charge on any atom is 0.263 e. The molecule has 1 unspecified atom stereocenters. The second kappa shape index (κ2) is 6.03. The largest absolute Gasteiger partial charge is 0.346 e. The van der Waals surface area contributed by atoms with Crippen LogP contribution in [0.1, 0.15) is 36.4 Å². The lowest BCUT2D eigenvalue weighted by molar-refractivity contribution is 0.0906. The average Bonchev–Trinajstić information content (AvgIpc) is 2.65. The van der Waals surface area contributed by atoms with E-state index in [1.165, 1.54) is 11.3 Å². The standard InChI is InChI=1S/C11H15BrClNOS/c1-3-11(2,5-6-12)14-10(15)9-8(13)4-7-16-9/h4,7H,3,5-6H2,1-2H3,(H,14,15). The summed E-state index contributed by atoms with van der Waals surface area (Å²) in [6.07, 6.45) is 1.80. The molecule has 90 valence electrons. The number of rotatable bonds is 5. The summed E-state index contributed by atoms with van der Waals surface area (Å²) < 4.78 is 0. The Labute approximate surface area is 114 Å². The first-order valence-corrected chi connectivity index (χ1v) is 7.52. The Kier molecular flexibility index (Phi) is 5.28. The summed E-state index contributed by atoms with van der Waals surface area (Å²) in [4.78, 5) is 12.6. The van der Waals surface area contributed by atoms with E-state index in [0.717, 1.165) is 18.2 Å². The van der Waals surface area contributed by atoms with Gasteiger partial charge < -0.3 is 5.32 Å². The van der Waals surface area contributed by atoms with Crippen molar-refractivity contribution in [1.82, 2.24) is 5.32 Å². The summed E-state index contributed by atoms with van der Waals surface area (Å²) in [5.41, 5.74) is -0.173.